The van der Waals surface area contributed by atoms with Crippen molar-refractivity contribution < 1.29 is 4.79 Å². The van der Waals surface area contributed by atoms with Crippen molar-refractivity contribution in [1.29, 1.82) is 0 Å². The lowest BCUT2D eigenvalue weighted by Gasteiger charge is -2.00. The predicted octanol–water partition coefficient (Wildman–Crippen LogP) is 4.94. The quantitative estimate of drug-likeness (QED) is 0.541. The summed E-state index contributed by atoms with van der Waals surface area (Å²) in [5, 5.41) is 0. The van der Waals surface area contributed by atoms with Crippen LogP contribution in [-0.4, -0.2) is 16.2 Å². The molecule has 26 heavy (non-hydrogen) atoms. The number of thioether (sulfide) groups is 1. The van der Waals surface area contributed by atoms with E-state index in [0.29, 0.717) is 6.42 Å². The van der Waals surface area contributed by atoms with Gasteiger partial charge in [0.15, 0.2) is 4.80 Å². The molecule has 0 N–H and O–H groups in total. The SMILES string of the molecule is CCc1ccc2c(c1)sc(=NC(=O)CCCSCc1ccccc1)n2C. The van der Waals surface area contributed by atoms with Crippen molar-refractivity contribution in [2.24, 2.45) is 12.0 Å². The topological polar surface area (TPSA) is 34.4 Å². The summed E-state index contributed by atoms with van der Waals surface area (Å²) in [6, 6.07) is 16.9. The van der Waals surface area contributed by atoms with Gasteiger partial charge in [-0.3, -0.25) is 4.79 Å². The van der Waals surface area contributed by atoms with Crippen LogP contribution in [0.4, 0.5) is 0 Å². The van der Waals surface area contributed by atoms with E-state index in [4.69, 9.17) is 0 Å². The van der Waals surface area contributed by atoms with Crippen LogP contribution in [0, 0.1) is 0 Å². The molecular weight excluding hydrogens is 360 g/mol. The van der Waals surface area contributed by atoms with Gasteiger partial charge in [0.1, 0.15) is 0 Å². The van der Waals surface area contributed by atoms with Gasteiger partial charge in [0.05, 0.1) is 10.2 Å². The molecule has 5 heteroatoms. The third kappa shape index (κ3) is 4.86. The predicted molar refractivity (Wildman–Crippen MR) is 113 cm³/mol. The maximum Gasteiger partial charge on any atom is 0.248 e. The number of hydrogen-bond donors (Lipinski definition) is 0. The molecule has 2 aromatic carbocycles. The number of thiazole rings is 1. The Kier molecular flexibility index (Phi) is 6.69. The number of nitrogens with zero attached hydrogens (tertiary/aromatic N) is 2. The molecule has 3 aromatic rings. The molecule has 0 fully saturated rings. The zero-order valence-electron chi connectivity index (χ0n) is 15.3. The molecule has 0 saturated heterocycles. The van der Waals surface area contributed by atoms with Crippen molar-refractivity contribution in [3.05, 3.63) is 64.5 Å². The standard InChI is InChI=1S/C21H24N2OS2/c1-3-16-11-12-18-19(14-16)26-21(23(18)2)22-20(24)10-7-13-25-15-17-8-5-4-6-9-17/h4-6,8-9,11-12,14H,3,7,10,13,15H2,1-2H3. The number of benzene rings is 2. The fraction of sp³-hybridized carbons (Fsp3) is 0.333. The summed E-state index contributed by atoms with van der Waals surface area (Å²) in [7, 11) is 1.98. The lowest BCUT2D eigenvalue weighted by Crippen LogP contribution is -2.13. The van der Waals surface area contributed by atoms with E-state index < -0.39 is 0 Å². The molecule has 0 radical (unpaired) electrons. The van der Waals surface area contributed by atoms with Crippen LogP contribution < -0.4 is 4.80 Å². The van der Waals surface area contributed by atoms with Gasteiger partial charge in [0.2, 0.25) is 5.91 Å². The molecule has 0 spiro atoms. The minimum Gasteiger partial charge on any atom is -0.319 e. The molecule has 0 unspecified atom stereocenters. The zero-order chi connectivity index (χ0) is 18.4. The van der Waals surface area contributed by atoms with Crippen LogP contribution >= 0.6 is 23.1 Å². The average molecular weight is 385 g/mol. The Bertz CT molecular complexity index is 942. The Morgan fingerprint density at radius 3 is 2.73 bits per heavy atom. The third-order valence-electron chi connectivity index (χ3n) is 4.29. The minimum absolute atomic E-state index is 0.0248. The highest BCUT2D eigenvalue weighted by molar-refractivity contribution is 7.98. The van der Waals surface area contributed by atoms with E-state index in [9.17, 15) is 4.79 Å². The van der Waals surface area contributed by atoms with E-state index in [1.54, 1.807) is 11.3 Å². The summed E-state index contributed by atoms with van der Waals surface area (Å²) in [4.78, 5) is 17.3. The van der Waals surface area contributed by atoms with Crippen LogP contribution in [0.15, 0.2) is 53.5 Å². The molecule has 136 valence electrons. The summed E-state index contributed by atoms with van der Waals surface area (Å²) in [5.41, 5.74) is 3.78. The van der Waals surface area contributed by atoms with E-state index in [-0.39, 0.29) is 5.91 Å². The molecule has 1 amide bonds. The summed E-state index contributed by atoms with van der Waals surface area (Å²) >= 11 is 3.46. The number of carbonyl (C=O) groups excluding carboxylic acids is 1. The number of rotatable bonds is 7. The van der Waals surface area contributed by atoms with Gasteiger partial charge in [-0.25, -0.2) is 0 Å². The molecule has 0 aliphatic heterocycles. The minimum atomic E-state index is -0.0248. The molecule has 0 aliphatic carbocycles. The van der Waals surface area contributed by atoms with Crippen molar-refractivity contribution >= 4 is 39.2 Å². The maximum absolute atomic E-state index is 12.2. The van der Waals surface area contributed by atoms with E-state index >= 15 is 0 Å². The smallest absolute Gasteiger partial charge is 0.248 e. The summed E-state index contributed by atoms with van der Waals surface area (Å²) in [5.74, 6) is 1.95. The number of amides is 1. The highest BCUT2D eigenvalue weighted by Gasteiger charge is 2.06. The molecule has 1 aromatic heterocycles. The van der Waals surface area contributed by atoms with Crippen molar-refractivity contribution in [2.45, 2.75) is 31.9 Å². The van der Waals surface area contributed by atoms with Crippen LogP contribution in [0.5, 0.6) is 0 Å². The molecule has 0 atom stereocenters. The van der Waals surface area contributed by atoms with E-state index in [2.05, 4.69) is 54.4 Å². The molecule has 3 nitrogen and oxygen atoms in total. The highest BCUT2D eigenvalue weighted by Crippen LogP contribution is 2.19. The van der Waals surface area contributed by atoms with Gasteiger partial charge in [0, 0.05) is 19.2 Å². The fourth-order valence-corrected chi connectivity index (χ4v) is 4.78. The first-order valence-corrected chi connectivity index (χ1v) is 10.9. The van der Waals surface area contributed by atoms with Gasteiger partial charge in [-0.1, -0.05) is 54.7 Å². The van der Waals surface area contributed by atoms with Crippen LogP contribution in [0.25, 0.3) is 10.2 Å². The number of carbonyl (C=O) groups is 1. The van der Waals surface area contributed by atoms with Crippen LogP contribution in [0.1, 0.15) is 30.9 Å². The number of aromatic nitrogens is 1. The van der Waals surface area contributed by atoms with Crippen molar-refractivity contribution in [2.75, 3.05) is 5.75 Å². The van der Waals surface area contributed by atoms with E-state index in [0.717, 1.165) is 34.7 Å². The van der Waals surface area contributed by atoms with Gasteiger partial charge >= 0.3 is 0 Å². The largest absolute Gasteiger partial charge is 0.319 e. The maximum atomic E-state index is 12.2. The van der Waals surface area contributed by atoms with Crippen molar-refractivity contribution in [3.63, 3.8) is 0 Å². The van der Waals surface area contributed by atoms with Gasteiger partial charge in [0.25, 0.3) is 0 Å². The first-order valence-electron chi connectivity index (χ1n) is 8.95. The number of hydrogen-bond acceptors (Lipinski definition) is 3. The lowest BCUT2D eigenvalue weighted by molar-refractivity contribution is -0.118. The Morgan fingerprint density at radius 1 is 1.15 bits per heavy atom. The molecule has 0 bridgehead atoms. The highest BCUT2D eigenvalue weighted by atomic mass is 32.2. The fourth-order valence-electron chi connectivity index (χ4n) is 2.76. The average Bonchev–Trinajstić information content (AvgIpc) is 2.97. The number of fused-ring (bicyclic) bond motifs is 1. The van der Waals surface area contributed by atoms with Crippen LogP contribution in [0.3, 0.4) is 0 Å². The second-order valence-corrected chi connectivity index (χ2v) is 8.36. The molecule has 0 saturated carbocycles. The van der Waals surface area contributed by atoms with Crippen molar-refractivity contribution in [3.8, 4) is 0 Å². The Hall–Kier alpha value is -1.85. The first-order chi connectivity index (χ1) is 12.7. The van der Waals surface area contributed by atoms with Gasteiger partial charge in [-0.05, 0) is 41.9 Å². The zero-order valence-corrected chi connectivity index (χ0v) is 16.9. The van der Waals surface area contributed by atoms with Crippen LogP contribution in [-0.2, 0) is 24.0 Å². The molecule has 1 heterocycles. The normalized spacial score (nSPS) is 12.0. The second kappa shape index (κ2) is 9.19. The number of aryl methyl sites for hydroxylation is 2. The summed E-state index contributed by atoms with van der Waals surface area (Å²) in [6.45, 7) is 2.15. The molecule has 0 aliphatic rings. The van der Waals surface area contributed by atoms with Gasteiger partial charge in [-0.15, -0.1) is 0 Å². The van der Waals surface area contributed by atoms with E-state index in [1.807, 2.05) is 29.4 Å². The monoisotopic (exact) mass is 384 g/mol. The Morgan fingerprint density at radius 2 is 1.96 bits per heavy atom. The van der Waals surface area contributed by atoms with Gasteiger partial charge < -0.3 is 4.57 Å². The Labute approximate surface area is 162 Å². The van der Waals surface area contributed by atoms with Gasteiger partial charge in [-0.2, -0.15) is 16.8 Å². The van der Waals surface area contributed by atoms with Crippen molar-refractivity contribution in [1.82, 2.24) is 4.57 Å². The summed E-state index contributed by atoms with van der Waals surface area (Å²) in [6.07, 6.45) is 2.40. The Balaban J connectivity index is 1.55. The molecule has 3 rings (SSSR count). The van der Waals surface area contributed by atoms with Crippen LogP contribution in [0.2, 0.25) is 0 Å². The lowest BCUT2D eigenvalue weighted by atomic mass is 10.2. The first kappa shape index (κ1) is 18.9. The third-order valence-corrected chi connectivity index (χ3v) is 6.50. The second-order valence-electron chi connectivity index (χ2n) is 6.25. The molecular formula is C21H24N2OS2. The summed E-state index contributed by atoms with van der Waals surface area (Å²) < 4.78 is 3.21. The van der Waals surface area contributed by atoms with E-state index in [1.165, 1.54) is 15.8 Å².